The summed E-state index contributed by atoms with van der Waals surface area (Å²) in [6, 6.07) is 5.54. The van der Waals surface area contributed by atoms with Gasteiger partial charge in [0.05, 0.1) is 25.5 Å². The zero-order valence-electron chi connectivity index (χ0n) is 13.5. The minimum absolute atomic E-state index is 0.0760. The summed E-state index contributed by atoms with van der Waals surface area (Å²) < 4.78 is 12.3. The summed E-state index contributed by atoms with van der Waals surface area (Å²) >= 11 is 0. The molecular weight excluding hydrogens is 280 g/mol. The van der Waals surface area contributed by atoms with Gasteiger partial charge in [-0.25, -0.2) is 0 Å². The summed E-state index contributed by atoms with van der Waals surface area (Å²) in [7, 11) is 4.99. The molecule has 1 aromatic heterocycles. The quantitative estimate of drug-likeness (QED) is 0.629. The van der Waals surface area contributed by atoms with Gasteiger partial charge in [0, 0.05) is 18.3 Å². The second-order valence-corrected chi connectivity index (χ2v) is 4.95. The molecule has 1 heterocycles. The number of hydrogen-bond donors (Lipinski definition) is 0. The molecular formula is C17H20N2O3. The van der Waals surface area contributed by atoms with Crippen molar-refractivity contribution in [1.82, 2.24) is 9.78 Å². The molecule has 5 nitrogen and oxygen atoms in total. The Labute approximate surface area is 130 Å². The van der Waals surface area contributed by atoms with E-state index in [9.17, 15) is 4.79 Å². The smallest absolute Gasteiger partial charge is 0.189 e. The lowest BCUT2D eigenvalue weighted by Crippen LogP contribution is -2.00. The summed E-state index contributed by atoms with van der Waals surface area (Å²) in [6.07, 6.45) is 3.27. The Morgan fingerprint density at radius 3 is 2.50 bits per heavy atom. The van der Waals surface area contributed by atoms with E-state index in [0.29, 0.717) is 17.1 Å². The number of carbonyl (C=O) groups excluding carboxylic acids is 1. The Balaban J connectivity index is 2.35. The lowest BCUT2D eigenvalue weighted by Gasteiger charge is -2.09. The second kappa shape index (κ2) is 6.47. The summed E-state index contributed by atoms with van der Waals surface area (Å²) in [5, 5.41) is 4.27. The summed E-state index contributed by atoms with van der Waals surface area (Å²) in [5.74, 6) is 1.16. The Morgan fingerprint density at radius 1 is 1.23 bits per heavy atom. The first-order chi connectivity index (χ1) is 10.5. The van der Waals surface area contributed by atoms with Crippen molar-refractivity contribution in [3.05, 3.63) is 46.8 Å². The summed E-state index contributed by atoms with van der Waals surface area (Å²) in [5.41, 5.74) is 3.01. The van der Waals surface area contributed by atoms with Gasteiger partial charge >= 0.3 is 0 Å². The van der Waals surface area contributed by atoms with Gasteiger partial charge in [0.2, 0.25) is 0 Å². The third kappa shape index (κ3) is 2.88. The van der Waals surface area contributed by atoms with E-state index in [0.717, 1.165) is 17.0 Å². The predicted molar refractivity (Wildman–Crippen MR) is 85.6 cm³/mol. The van der Waals surface area contributed by atoms with Gasteiger partial charge in [-0.1, -0.05) is 12.1 Å². The number of hydrogen-bond acceptors (Lipinski definition) is 4. The predicted octanol–water partition coefficient (Wildman–Crippen LogP) is 2.95. The third-order valence-electron chi connectivity index (χ3n) is 3.60. The number of ketones is 1. The van der Waals surface area contributed by atoms with Gasteiger partial charge in [0.1, 0.15) is 0 Å². The van der Waals surface area contributed by atoms with Crippen molar-refractivity contribution in [2.24, 2.45) is 7.05 Å². The van der Waals surface area contributed by atoms with E-state index >= 15 is 0 Å². The SMILES string of the molecule is COc1cccc(/C=C\C(=O)c2c(C)nn(C)c2C)c1OC. The number of aryl methyl sites for hydroxylation is 2. The van der Waals surface area contributed by atoms with Crippen molar-refractivity contribution >= 4 is 11.9 Å². The normalized spacial score (nSPS) is 11.0. The van der Waals surface area contributed by atoms with Gasteiger partial charge in [0.15, 0.2) is 17.3 Å². The Kier molecular flexibility index (Phi) is 4.65. The Bertz CT molecular complexity index is 730. The Morgan fingerprint density at radius 2 is 1.95 bits per heavy atom. The third-order valence-corrected chi connectivity index (χ3v) is 3.60. The van der Waals surface area contributed by atoms with Crippen LogP contribution in [0.2, 0.25) is 0 Å². The molecule has 0 unspecified atom stereocenters. The zero-order valence-corrected chi connectivity index (χ0v) is 13.5. The molecule has 5 heteroatoms. The Hall–Kier alpha value is -2.56. The van der Waals surface area contributed by atoms with Crippen molar-refractivity contribution in [2.75, 3.05) is 14.2 Å². The van der Waals surface area contributed by atoms with Crippen LogP contribution in [0.15, 0.2) is 24.3 Å². The number of methoxy groups -OCH3 is 2. The number of allylic oxidation sites excluding steroid dienone is 1. The molecule has 0 bridgehead atoms. The molecule has 0 saturated heterocycles. The standard InChI is InChI=1S/C17H20N2O3/c1-11-16(12(2)19(3)18-11)14(20)10-9-13-7-6-8-15(21-4)17(13)22-5/h6-10H,1-5H3/b10-9-. The van der Waals surface area contributed by atoms with Crippen LogP contribution in [0.5, 0.6) is 11.5 Å². The number of rotatable bonds is 5. The number of ether oxygens (including phenoxy) is 2. The molecule has 0 N–H and O–H groups in total. The maximum Gasteiger partial charge on any atom is 0.189 e. The number of aromatic nitrogens is 2. The first kappa shape index (κ1) is 15.8. The highest BCUT2D eigenvalue weighted by atomic mass is 16.5. The largest absolute Gasteiger partial charge is 0.493 e. The van der Waals surface area contributed by atoms with Crippen LogP contribution in [-0.4, -0.2) is 29.8 Å². The lowest BCUT2D eigenvalue weighted by atomic mass is 10.1. The zero-order chi connectivity index (χ0) is 16.3. The van der Waals surface area contributed by atoms with Crippen LogP contribution in [0.25, 0.3) is 6.08 Å². The van der Waals surface area contributed by atoms with Gasteiger partial charge in [-0.15, -0.1) is 0 Å². The molecule has 1 aromatic carbocycles. The molecule has 0 radical (unpaired) electrons. The van der Waals surface area contributed by atoms with Crippen LogP contribution in [0.3, 0.4) is 0 Å². The minimum atomic E-state index is -0.0760. The van der Waals surface area contributed by atoms with E-state index in [1.807, 2.05) is 39.1 Å². The maximum absolute atomic E-state index is 12.4. The van der Waals surface area contributed by atoms with Crippen LogP contribution in [0.1, 0.15) is 27.3 Å². The van der Waals surface area contributed by atoms with Gasteiger partial charge < -0.3 is 9.47 Å². The average molecular weight is 300 g/mol. The molecule has 2 aromatic rings. The van der Waals surface area contributed by atoms with E-state index in [4.69, 9.17) is 9.47 Å². The molecule has 0 aliphatic carbocycles. The molecule has 22 heavy (non-hydrogen) atoms. The minimum Gasteiger partial charge on any atom is -0.493 e. The molecule has 0 aliphatic rings. The first-order valence-corrected chi connectivity index (χ1v) is 6.93. The van der Waals surface area contributed by atoms with E-state index in [1.54, 1.807) is 25.0 Å². The molecule has 0 atom stereocenters. The first-order valence-electron chi connectivity index (χ1n) is 6.93. The van der Waals surface area contributed by atoms with Crippen LogP contribution >= 0.6 is 0 Å². The highest BCUT2D eigenvalue weighted by Crippen LogP contribution is 2.31. The van der Waals surface area contributed by atoms with Gasteiger partial charge in [-0.3, -0.25) is 9.48 Å². The van der Waals surface area contributed by atoms with Crippen molar-refractivity contribution in [1.29, 1.82) is 0 Å². The average Bonchev–Trinajstić information content (AvgIpc) is 2.77. The highest BCUT2D eigenvalue weighted by Gasteiger charge is 2.15. The van der Waals surface area contributed by atoms with Gasteiger partial charge in [-0.05, 0) is 32.1 Å². The van der Waals surface area contributed by atoms with E-state index in [1.165, 1.54) is 6.08 Å². The van der Waals surface area contributed by atoms with Crippen LogP contribution < -0.4 is 9.47 Å². The molecule has 0 spiro atoms. The molecule has 0 fully saturated rings. The van der Waals surface area contributed by atoms with Crippen molar-refractivity contribution in [3.8, 4) is 11.5 Å². The summed E-state index contributed by atoms with van der Waals surface area (Å²) in [4.78, 5) is 12.4. The van der Waals surface area contributed by atoms with Crippen LogP contribution in [0, 0.1) is 13.8 Å². The number of benzene rings is 1. The van der Waals surface area contributed by atoms with E-state index < -0.39 is 0 Å². The molecule has 0 amide bonds. The fraction of sp³-hybridized carbons (Fsp3) is 0.294. The molecule has 0 saturated carbocycles. The van der Waals surface area contributed by atoms with E-state index in [2.05, 4.69) is 5.10 Å². The molecule has 116 valence electrons. The monoisotopic (exact) mass is 300 g/mol. The van der Waals surface area contributed by atoms with Crippen LogP contribution in [0.4, 0.5) is 0 Å². The highest BCUT2D eigenvalue weighted by molar-refractivity contribution is 6.08. The topological polar surface area (TPSA) is 53.3 Å². The molecule has 0 aliphatic heterocycles. The number of para-hydroxylation sites is 1. The lowest BCUT2D eigenvalue weighted by molar-refractivity contribution is 0.104. The fourth-order valence-corrected chi connectivity index (χ4v) is 2.42. The number of nitrogens with zero attached hydrogens (tertiary/aromatic N) is 2. The van der Waals surface area contributed by atoms with Crippen molar-refractivity contribution < 1.29 is 14.3 Å². The summed E-state index contributed by atoms with van der Waals surface area (Å²) in [6.45, 7) is 3.72. The van der Waals surface area contributed by atoms with Gasteiger partial charge in [-0.2, -0.15) is 5.10 Å². The van der Waals surface area contributed by atoms with Crippen molar-refractivity contribution in [3.63, 3.8) is 0 Å². The fourth-order valence-electron chi connectivity index (χ4n) is 2.42. The molecule has 2 rings (SSSR count). The van der Waals surface area contributed by atoms with Crippen LogP contribution in [-0.2, 0) is 7.05 Å². The van der Waals surface area contributed by atoms with Gasteiger partial charge in [0.25, 0.3) is 0 Å². The maximum atomic E-state index is 12.4. The van der Waals surface area contributed by atoms with E-state index in [-0.39, 0.29) is 5.78 Å². The second-order valence-electron chi connectivity index (χ2n) is 4.95. The number of carbonyl (C=O) groups is 1. The van der Waals surface area contributed by atoms with Crippen molar-refractivity contribution in [2.45, 2.75) is 13.8 Å².